The molecule has 0 spiro atoms. The summed E-state index contributed by atoms with van der Waals surface area (Å²) in [5.41, 5.74) is 2.44. The number of aromatic nitrogens is 4. The van der Waals surface area contributed by atoms with E-state index >= 15 is 0 Å². The zero-order valence-corrected chi connectivity index (χ0v) is 9.81. The Balaban J connectivity index is 2.33. The summed E-state index contributed by atoms with van der Waals surface area (Å²) in [5.74, 6) is 6.21. The summed E-state index contributed by atoms with van der Waals surface area (Å²) < 4.78 is 5.20. The maximum absolute atomic E-state index is 5.33. The summed E-state index contributed by atoms with van der Waals surface area (Å²) in [7, 11) is 1.52. The smallest absolute Gasteiger partial charge is 0.195 e. The molecule has 0 amide bonds. The Bertz CT molecular complexity index is 494. The van der Waals surface area contributed by atoms with E-state index < -0.39 is 0 Å². The summed E-state index contributed by atoms with van der Waals surface area (Å²) in [5, 5.41) is 1.18. The van der Waals surface area contributed by atoms with Crippen LogP contribution in [0.4, 0.5) is 5.82 Å². The maximum atomic E-state index is 5.33. The van der Waals surface area contributed by atoms with Gasteiger partial charge >= 0.3 is 0 Å². The van der Waals surface area contributed by atoms with Crippen molar-refractivity contribution in [2.24, 2.45) is 5.84 Å². The van der Waals surface area contributed by atoms with E-state index in [4.69, 9.17) is 10.6 Å². The first-order chi connectivity index (χ1) is 8.35. The van der Waals surface area contributed by atoms with E-state index in [9.17, 15) is 0 Å². The van der Waals surface area contributed by atoms with Crippen molar-refractivity contribution >= 4 is 17.6 Å². The summed E-state index contributed by atoms with van der Waals surface area (Å²) in [6.45, 7) is 0. The number of nitrogen functional groups attached to an aromatic ring is 1. The van der Waals surface area contributed by atoms with E-state index in [2.05, 4.69) is 25.4 Å². The van der Waals surface area contributed by atoms with Crippen LogP contribution in [0.5, 0.6) is 5.75 Å². The molecule has 2 rings (SSSR count). The van der Waals surface area contributed by atoms with Gasteiger partial charge < -0.3 is 10.2 Å². The van der Waals surface area contributed by atoms with Gasteiger partial charge in [-0.25, -0.2) is 25.8 Å². The average Bonchev–Trinajstić information content (AvgIpc) is 2.39. The number of nitrogens with two attached hydrogens (primary N) is 1. The minimum absolute atomic E-state index is 0.418. The standard InChI is InChI=1S/C9H10N6OS/c1-16-6-7(15-10)13-5-14-8(6)17-9-11-3-2-4-12-9/h2-5H,10H2,1H3,(H,13,14,15). The Labute approximate surface area is 102 Å². The fourth-order valence-corrected chi connectivity index (χ4v) is 1.91. The van der Waals surface area contributed by atoms with Crippen LogP contribution in [0.2, 0.25) is 0 Å². The Morgan fingerprint density at radius 3 is 2.65 bits per heavy atom. The Kier molecular flexibility index (Phi) is 3.68. The molecule has 17 heavy (non-hydrogen) atoms. The molecule has 0 aliphatic carbocycles. The molecule has 7 nitrogen and oxygen atoms in total. The van der Waals surface area contributed by atoms with Gasteiger partial charge in [-0.05, 0) is 17.8 Å². The van der Waals surface area contributed by atoms with Crippen molar-refractivity contribution in [3.05, 3.63) is 24.8 Å². The zero-order valence-electron chi connectivity index (χ0n) is 8.99. The topological polar surface area (TPSA) is 98.8 Å². The monoisotopic (exact) mass is 250 g/mol. The van der Waals surface area contributed by atoms with Crippen molar-refractivity contribution in [3.63, 3.8) is 0 Å². The molecule has 0 fully saturated rings. The third kappa shape index (κ3) is 2.60. The van der Waals surface area contributed by atoms with Crippen LogP contribution < -0.4 is 16.0 Å². The highest BCUT2D eigenvalue weighted by molar-refractivity contribution is 7.99. The first-order valence-corrected chi connectivity index (χ1v) is 5.47. The summed E-state index contributed by atoms with van der Waals surface area (Å²) in [6, 6.07) is 1.74. The molecule has 0 aliphatic heterocycles. The molecule has 0 radical (unpaired) electrons. The van der Waals surface area contributed by atoms with Crippen LogP contribution in [0.25, 0.3) is 0 Å². The lowest BCUT2D eigenvalue weighted by Crippen LogP contribution is -2.10. The predicted octanol–water partition coefficient (Wildman–Crippen LogP) is 0.712. The van der Waals surface area contributed by atoms with Gasteiger partial charge in [0.2, 0.25) is 0 Å². The van der Waals surface area contributed by atoms with Crippen molar-refractivity contribution in [1.29, 1.82) is 0 Å². The van der Waals surface area contributed by atoms with Crippen LogP contribution in [0, 0.1) is 0 Å². The number of ether oxygens (including phenoxy) is 1. The van der Waals surface area contributed by atoms with E-state index in [1.165, 1.54) is 25.2 Å². The quantitative estimate of drug-likeness (QED) is 0.354. The molecule has 2 aromatic heterocycles. The second kappa shape index (κ2) is 5.41. The highest BCUT2D eigenvalue weighted by Crippen LogP contribution is 2.34. The molecule has 8 heteroatoms. The van der Waals surface area contributed by atoms with Crippen LogP contribution in [0.3, 0.4) is 0 Å². The minimum atomic E-state index is 0.418. The third-order valence-electron chi connectivity index (χ3n) is 1.84. The number of rotatable bonds is 4. The molecule has 0 unspecified atom stereocenters. The van der Waals surface area contributed by atoms with E-state index in [0.717, 1.165) is 0 Å². The summed E-state index contributed by atoms with van der Waals surface area (Å²) in [6.07, 6.45) is 4.71. The number of nitrogens with zero attached hydrogens (tertiary/aromatic N) is 4. The first-order valence-electron chi connectivity index (χ1n) is 4.65. The molecular formula is C9H10N6OS. The molecule has 0 aromatic carbocycles. The summed E-state index contributed by atoms with van der Waals surface area (Å²) in [4.78, 5) is 16.2. The molecular weight excluding hydrogens is 240 g/mol. The lowest BCUT2D eigenvalue weighted by molar-refractivity contribution is 0.400. The Morgan fingerprint density at radius 2 is 2.00 bits per heavy atom. The molecule has 2 aromatic rings. The SMILES string of the molecule is COc1c(NN)ncnc1Sc1ncccn1. The fraction of sp³-hybridized carbons (Fsp3) is 0.111. The van der Waals surface area contributed by atoms with Crippen molar-refractivity contribution in [1.82, 2.24) is 19.9 Å². The van der Waals surface area contributed by atoms with Gasteiger partial charge in [0.25, 0.3) is 0 Å². The number of hydrazine groups is 1. The average molecular weight is 250 g/mol. The zero-order chi connectivity index (χ0) is 12.1. The molecule has 2 heterocycles. The molecule has 0 atom stereocenters. The van der Waals surface area contributed by atoms with Gasteiger partial charge in [-0.15, -0.1) is 0 Å². The van der Waals surface area contributed by atoms with Crippen LogP contribution in [0.1, 0.15) is 0 Å². The molecule has 0 saturated heterocycles. The minimum Gasteiger partial charge on any atom is -0.490 e. The van der Waals surface area contributed by atoms with E-state index in [1.54, 1.807) is 18.5 Å². The normalized spacial score (nSPS) is 10.0. The van der Waals surface area contributed by atoms with Gasteiger partial charge in [-0.2, -0.15) is 0 Å². The lowest BCUT2D eigenvalue weighted by atomic mass is 10.5. The van der Waals surface area contributed by atoms with Gasteiger partial charge in [0, 0.05) is 12.4 Å². The van der Waals surface area contributed by atoms with Gasteiger partial charge in [0.1, 0.15) is 6.33 Å². The van der Waals surface area contributed by atoms with Gasteiger partial charge in [0.15, 0.2) is 21.7 Å². The van der Waals surface area contributed by atoms with Crippen molar-refractivity contribution in [2.45, 2.75) is 10.2 Å². The van der Waals surface area contributed by atoms with Crippen LogP contribution in [-0.2, 0) is 0 Å². The maximum Gasteiger partial charge on any atom is 0.195 e. The molecule has 0 aliphatic rings. The lowest BCUT2D eigenvalue weighted by Gasteiger charge is -2.09. The second-order valence-electron chi connectivity index (χ2n) is 2.84. The van der Waals surface area contributed by atoms with E-state index in [1.807, 2.05) is 0 Å². The largest absolute Gasteiger partial charge is 0.490 e. The Morgan fingerprint density at radius 1 is 1.24 bits per heavy atom. The highest BCUT2D eigenvalue weighted by atomic mass is 32.2. The fourth-order valence-electron chi connectivity index (χ4n) is 1.14. The number of hydrogen-bond donors (Lipinski definition) is 2. The van der Waals surface area contributed by atoms with Crippen molar-refractivity contribution in [3.8, 4) is 5.75 Å². The highest BCUT2D eigenvalue weighted by Gasteiger charge is 2.13. The van der Waals surface area contributed by atoms with E-state index in [0.29, 0.717) is 21.7 Å². The van der Waals surface area contributed by atoms with Crippen molar-refractivity contribution < 1.29 is 4.74 Å². The van der Waals surface area contributed by atoms with Crippen molar-refractivity contribution in [2.75, 3.05) is 12.5 Å². The van der Waals surface area contributed by atoms with Crippen LogP contribution in [0.15, 0.2) is 35.0 Å². The van der Waals surface area contributed by atoms with Crippen LogP contribution in [-0.4, -0.2) is 27.0 Å². The predicted molar refractivity (Wildman–Crippen MR) is 62.5 cm³/mol. The van der Waals surface area contributed by atoms with Gasteiger partial charge in [-0.3, -0.25) is 0 Å². The second-order valence-corrected chi connectivity index (χ2v) is 3.79. The van der Waals surface area contributed by atoms with E-state index in [-0.39, 0.29) is 0 Å². The molecule has 0 bridgehead atoms. The third-order valence-corrected chi connectivity index (χ3v) is 2.72. The first kappa shape index (κ1) is 11.6. The van der Waals surface area contributed by atoms with Gasteiger partial charge in [-0.1, -0.05) is 0 Å². The Hall–Kier alpha value is -1.93. The molecule has 0 saturated carbocycles. The number of anilines is 1. The number of methoxy groups -OCH3 is 1. The molecule has 3 N–H and O–H groups in total. The number of nitrogens with one attached hydrogen (secondary N) is 1. The number of hydrogen-bond acceptors (Lipinski definition) is 8. The molecule has 88 valence electrons. The summed E-state index contributed by atoms with van der Waals surface area (Å²) >= 11 is 1.27. The van der Waals surface area contributed by atoms with Gasteiger partial charge in [0.05, 0.1) is 7.11 Å². The van der Waals surface area contributed by atoms with Crippen LogP contribution >= 0.6 is 11.8 Å².